The SMILES string of the molecule is C=CC(=O)Nc1cccc(Nc2cnnc(Nc3ccc(Oc4ccnc(C(=O)NC)c4)cc3)c2)c1. The maximum absolute atomic E-state index is 11.8. The molecule has 4 N–H and O–H groups in total. The number of ether oxygens (including phenoxy) is 1. The van der Waals surface area contributed by atoms with Crippen molar-refractivity contribution in [3.63, 3.8) is 0 Å². The summed E-state index contributed by atoms with van der Waals surface area (Å²) < 4.78 is 5.83. The third-order valence-electron chi connectivity index (χ3n) is 4.81. The van der Waals surface area contributed by atoms with Crippen LogP contribution in [0.2, 0.25) is 0 Å². The van der Waals surface area contributed by atoms with E-state index in [0.717, 1.165) is 11.4 Å². The monoisotopic (exact) mass is 481 g/mol. The van der Waals surface area contributed by atoms with Gasteiger partial charge in [-0.15, -0.1) is 5.10 Å². The zero-order valence-corrected chi connectivity index (χ0v) is 19.4. The van der Waals surface area contributed by atoms with Gasteiger partial charge in [0.2, 0.25) is 5.91 Å². The smallest absolute Gasteiger partial charge is 0.269 e. The number of hydrogen-bond acceptors (Lipinski definition) is 8. The summed E-state index contributed by atoms with van der Waals surface area (Å²) in [4.78, 5) is 27.3. The van der Waals surface area contributed by atoms with Crippen LogP contribution in [0.3, 0.4) is 0 Å². The third-order valence-corrected chi connectivity index (χ3v) is 4.81. The Bertz CT molecular complexity index is 1390. The van der Waals surface area contributed by atoms with E-state index in [9.17, 15) is 9.59 Å². The Kier molecular flexibility index (Phi) is 7.47. The second kappa shape index (κ2) is 11.3. The number of amides is 2. The number of aromatic nitrogens is 3. The topological polar surface area (TPSA) is 130 Å². The lowest BCUT2D eigenvalue weighted by atomic mass is 10.2. The zero-order valence-electron chi connectivity index (χ0n) is 19.4. The average Bonchev–Trinajstić information content (AvgIpc) is 2.90. The van der Waals surface area contributed by atoms with Gasteiger partial charge in [-0.25, -0.2) is 0 Å². The van der Waals surface area contributed by atoms with E-state index in [4.69, 9.17) is 4.74 Å². The highest BCUT2D eigenvalue weighted by molar-refractivity contribution is 5.99. The lowest BCUT2D eigenvalue weighted by Gasteiger charge is -2.11. The van der Waals surface area contributed by atoms with Crippen molar-refractivity contribution in [3.05, 3.63) is 97.5 Å². The van der Waals surface area contributed by atoms with Gasteiger partial charge in [0.05, 0.1) is 11.9 Å². The molecule has 36 heavy (non-hydrogen) atoms. The van der Waals surface area contributed by atoms with Crippen LogP contribution in [0.1, 0.15) is 10.5 Å². The zero-order chi connectivity index (χ0) is 25.3. The Balaban J connectivity index is 1.40. The van der Waals surface area contributed by atoms with Crippen molar-refractivity contribution in [2.75, 3.05) is 23.0 Å². The molecule has 0 bridgehead atoms. The molecular weight excluding hydrogens is 458 g/mol. The van der Waals surface area contributed by atoms with Gasteiger partial charge in [0.25, 0.3) is 5.91 Å². The second-order valence-corrected chi connectivity index (χ2v) is 7.44. The first-order chi connectivity index (χ1) is 17.5. The number of nitrogens with zero attached hydrogens (tertiary/aromatic N) is 3. The van der Waals surface area contributed by atoms with Crippen molar-refractivity contribution in [3.8, 4) is 11.5 Å². The first-order valence-corrected chi connectivity index (χ1v) is 10.9. The fourth-order valence-electron chi connectivity index (χ4n) is 3.15. The van der Waals surface area contributed by atoms with Gasteiger partial charge in [-0.05, 0) is 54.6 Å². The van der Waals surface area contributed by atoms with E-state index in [1.54, 1.807) is 49.6 Å². The molecule has 0 aliphatic carbocycles. The van der Waals surface area contributed by atoms with Crippen LogP contribution < -0.4 is 26.0 Å². The molecule has 4 aromatic rings. The molecule has 4 rings (SSSR count). The molecule has 2 aromatic carbocycles. The molecule has 0 radical (unpaired) electrons. The molecule has 10 nitrogen and oxygen atoms in total. The molecule has 180 valence electrons. The highest BCUT2D eigenvalue weighted by Gasteiger charge is 2.07. The lowest BCUT2D eigenvalue weighted by Crippen LogP contribution is -2.18. The van der Waals surface area contributed by atoms with E-state index in [1.165, 1.54) is 12.3 Å². The Morgan fingerprint density at radius 1 is 0.889 bits per heavy atom. The maximum Gasteiger partial charge on any atom is 0.269 e. The van der Waals surface area contributed by atoms with Crippen LogP contribution in [0.5, 0.6) is 11.5 Å². The van der Waals surface area contributed by atoms with E-state index in [-0.39, 0.29) is 17.5 Å². The van der Waals surface area contributed by atoms with Crippen LogP contribution in [0.4, 0.5) is 28.6 Å². The molecule has 2 heterocycles. The summed E-state index contributed by atoms with van der Waals surface area (Å²) >= 11 is 0. The average molecular weight is 482 g/mol. The molecule has 0 saturated carbocycles. The first kappa shape index (κ1) is 23.9. The van der Waals surface area contributed by atoms with Gasteiger partial charge in [-0.2, -0.15) is 5.10 Å². The van der Waals surface area contributed by atoms with E-state index in [2.05, 4.69) is 43.0 Å². The van der Waals surface area contributed by atoms with Crippen molar-refractivity contribution in [1.82, 2.24) is 20.5 Å². The van der Waals surface area contributed by atoms with Gasteiger partial charge in [0, 0.05) is 42.4 Å². The minimum atomic E-state index is -0.287. The molecule has 2 aromatic heterocycles. The fourth-order valence-corrected chi connectivity index (χ4v) is 3.15. The lowest BCUT2D eigenvalue weighted by molar-refractivity contribution is -0.111. The molecule has 0 atom stereocenters. The highest BCUT2D eigenvalue weighted by atomic mass is 16.5. The third kappa shape index (κ3) is 6.41. The van der Waals surface area contributed by atoms with Crippen molar-refractivity contribution < 1.29 is 14.3 Å². The Morgan fingerprint density at radius 2 is 1.69 bits per heavy atom. The molecule has 0 aliphatic rings. The van der Waals surface area contributed by atoms with Gasteiger partial charge in [0.1, 0.15) is 17.2 Å². The molecule has 0 aliphatic heterocycles. The minimum absolute atomic E-state index is 0.272. The summed E-state index contributed by atoms with van der Waals surface area (Å²) in [5.74, 6) is 1.07. The molecule has 2 amide bonds. The summed E-state index contributed by atoms with van der Waals surface area (Å²) in [5.41, 5.74) is 3.18. The fraction of sp³-hybridized carbons (Fsp3) is 0.0385. The van der Waals surface area contributed by atoms with Crippen LogP contribution in [0, 0.1) is 0 Å². The van der Waals surface area contributed by atoms with Gasteiger partial charge in [-0.1, -0.05) is 12.6 Å². The maximum atomic E-state index is 11.8. The van der Waals surface area contributed by atoms with Crippen molar-refractivity contribution >= 4 is 40.4 Å². The number of carbonyl (C=O) groups is 2. The predicted molar refractivity (Wildman–Crippen MR) is 138 cm³/mol. The Labute approximate surface area is 207 Å². The van der Waals surface area contributed by atoms with Crippen molar-refractivity contribution in [2.45, 2.75) is 0 Å². The van der Waals surface area contributed by atoms with E-state index < -0.39 is 0 Å². The first-order valence-electron chi connectivity index (χ1n) is 10.9. The highest BCUT2D eigenvalue weighted by Crippen LogP contribution is 2.26. The van der Waals surface area contributed by atoms with Crippen molar-refractivity contribution in [1.29, 1.82) is 0 Å². The predicted octanol–water partition coefficient (Wildman–Crippen LogP) is 4.64. The van der Waals surface area contributed by atoms with Gasteiger partial charge < -0.3 is 26.0 Å². The number of hydrogen-bond donors (Lipinski definition) is 4. The number of anilines is 5. The molecule has 10 heteroatoms. The summed E-state index contributed by atoms with van der Waals surface area (Å²) in [6, 6.07) is 19.6. The quantitative estimate of drug-likeness (QED) is 0.255. The summed E-state index contributed by atoms with van der Waals surface area (Å²) in [5, 5.41) is 19.9. The van der Waals surface area contributed by atoms with Crippen LogP contribution in [-0.2, 0) is 4.79 Å². The largest absolute Gasteiger partial charge is 0.457 e. The standard InChI is InChI=1S/C26H23N7O3/c1-3-25(34)32-19-6-4-5-18(13-19)30-20-14-24(33-29-16-20)31-17-7-9-21(10-8-17)36-22-11-12-28-23(15-22)26(35)27-2/h3-16H,1H2,2H3,(H,27,35)(H,32,34)(H2,30,31,33). The molecule has 0 unspecified atom stereocenters. The number of carbonyl (C=O) groups excluding carboxylic acids is 2. The van der Waals surface area contributed by atoms with Gasteiger partial charge >= 0.3 is 0 Å². The summed E-state index contributed by atoms with van der Waals surface area (Å²) in [6.07, 6.45) is 4.33. The number of nitrogens with one attached hydrogen (secondary N) is 4. The molecule has 0 saturated heterocycles. The Morgan fingerprint density at radius 3 is 2.47 bits per heavy atom. The summed E-state index contributed by atoms with van der Waals surface area (Å²) in [6.45, 7) is 3.45. The number of pyridine rings is 1. The Hall–Kier alpha value is -5.25. The number of rotatable bonds is 9. The van der Waals surface area contributed by atoms with Crippen LogP contribution in [0.25, 0.3) is 0 Å². The summed E-state index contributed by atoms with van der Waals surface area (Å²) in [7, 11) is 1.54. The van der Waals surface area contributed by atoms with Crippen LogP contribution in [0.15, 0.2) is 91.8 Å². The van der Waals surface area contributed by atoms with Crippen LogP contribution >= 0.6 is 0 Å². The van der Waals surface area contributed by atoms with Gasteiger partial charge in [-0.3, -0.25) is 14.6 Å². The van der Waals surface area contributed by atoms with E-state index in [1.807, 2.05) is 30.3 Å². The second-order valence-electron chi connectivity index (χ2n) is 7.44. The van der Waals surface area contributed by atoms with Crippen molar-refractivity contribution in [2.24, 2.45) is 0 Å². The molecule has 0 spiro atoms. The molecular formula is C26H23N7O3. The normalized spacial score (nSPS) is 10.1. The molecule has 0 fully saturated rings. The van der Waals surface area contributed by atoms with E-state index >= 15 is 0 Å². The number of benzene rings is 2. The minimum Gasteiger partial charge on any atom is -0.457 e. The van der Waals surface area contributed by atoms with E-state index in [0.29, 0.717) is 28.7 Å². The van der Waals surface area contributed by atoms with Gasteiger partial charge in [0.15, 0.2) is 5.82 Å². The van der Waals surface area contributed by atoms with Crippen LogP contribution in [-0.4, -0.2) is 34.0 Å².